The Bertz CT molecular complexity index is 1170. The second-order valence-electron chi connectivity index (χ2n) is 7.21. The fourth-order valence-corrected chi connectivity index (χ4v) is 5.61. The molecular weight excluding hydrogens is 418 g/mol. The van der Waals surface area contributed by atoms with Gasteiger partial charge in [0.05, 0.1) is 24.0 Å². The maximum absolute atomic E-state index is 14.6. The van der Waals surface area contributed by atoms with E-state index < -0.39 is 15.8 Å². The van der Waals surface area contributed by atoms with E-state index in [2.05, 4.69) is 0 Å². The SMILES string of the molecule is COc1ccc(C(N=S(=O)(c2ccccc2)c2ccccc2)c2ccc(OC)cc2)cc1. The molecule has 5 heteroatoms. The molecule has 0 aromatic heterocycles. The molecule has 0 N–H and O–H groups in total. The number of rotatable bonds is 7. The summed E-state index contributed by atoms with van der Waals surface area (Å²) in [5, 5.41) is 0. The maximum atomic E-state index is 14.6. The third-order valence-corrected chi connectivity index (χ3v) is 7.57. The Balaban J connectivity index is 1.95. The van der Waals surface area contributed by atoms with Crippen LogP contribution in [-0.2, 0) is 9.73 Å². The molecule has 0 unspecified atom stereocenters. The topological polar surface area (TPSA) is 47.9 Å². The zero-order chi connectivity index (χ0) is 22.4. The Morgan fingerprint density at radius 2 is 0.969 bits per heavy atom. The summed E-state index contributed by atoms with van der Waals surface area (Å²) >= 11 is 0. The van der Waals surface area contributed by atoms with E-state index in [1.54, 1.807) is 14.2 Å². The van der Waals surface area contributed by atoms with E-state index >= 15 is 0 Å². The third-order valence-electron chi connectivity index (χ3n) is 5.24. The van der Waals surface area contributed by atoms with Crippen LogP contribution in [-0.4, -0.2) is 18.4 Å². The first-order valence-electron chi connectivity index (χ1n) is 10.3. The Labute approximate surface area is 189 Å². The molecule has 0 radical (unpaired) electrons. The van der Waals surface area contributed by atoms with Crippen LogP contribution in [0.5, 0.6) is 11.5 Å². The van der Waals surface area contributed by atoms with Gasteiger partial charge in [-0.1, -0.05) is 60.7 Å². The number of benzene rings is 4. The molecule has 0 atom stereocenters. The van der Waals surface area contributed by atoms with Gasteiger partial charge in [0.25, 0.3) is 0 Å². The van der Waals surface area contributed by atoms with Gasteiger partial charge in [-0.3, -0.25) is 0 Å². The van der Waals surface area contributed by atoms with Crippen molar-refractivity contribution in [3.8, 4) is 11.5 Å². The fraction of sp³-hybridized carbons (Fsp3) is 0.111. The summed E-state index contributed by atoms with van der Waals surface area (Å²) in [7, 11) is 0.363. The molecule has 32 heavy (non-hydrogen) atoms. The van der Waals surface area contributed by atoms with Crippen LogP contribution in [0.25, 0.3) is 0 Å². The van der Waals surface area contributed by atoms with Crippen LogP contribution in [0.4, 0.5) is 0 Å². The van der Waals surface area contributed by atoms with Crippen molar-refractivity contribution in [3.63, 3.8) is 0 Å². The smallest absolute Gasteiger partial charge is 0.118 e. The molecule has 0 aliphatic heterocycles. The number of ether oxygens (including phenoxy) is 2. The van der Waals surface area contributed by atoms with Crippen LogP contribution in [0.15, 0.2) is 123 Å². The van der Waals surface area contributed by atoms with Gasteiger partial charge in [0, 0.05) is 0 Å². The predicted octanol–water partition coefficient (Wildman–Crippen LogP) is 6.38. The summed E-state index contributed by atoms with van der Waals surface area (Å²) < 4.78 is 30.3. The lowest BCUT2D eigenvalue weighted by Crippen LogP contribution is -2.07. The van der Waals surface area contributed by atoms with Crippen LogP contribution in [0.2, 0.25) is 0 Å². The van der Waals surface area contributed by atoms with E-state index in [1.807, 2.05) is 109 Å². The van der Waals surface area contributed by atoms with E-state index in [-0.39, 0.29) is 0 Å². The molecule has 4 nitrogen and oxygen atoms in total. The minimum atomic E-state index is -2.91. The molecule has 0 amide bonds. The largest absolute Gasteiger partial charge is 0.497 e. The number of hydrogen-bond acceptors (Lipinski definition) is 4. The lowest BCUT2D eigenvalue weighted by atomic mass is 9.99. The molecule has 0 saturated heterocycles. The number of methoxy groups -OCH3 is 2. The Morgan fingerprint density at radius 1 is 0.594 bits per heavy atom. The van der Waals surface area contributed by atoms with Gasteiger partial charge in [-0.05, 0) is 59.7 Å². The molecule has 0 saturated carbocycles. The predicted molar refractivity (Wildman–Crippen MR) is 128 cm³/mol. The van der Waals surface area contributed by atoms with Crippen molar-refractivity contribution in [1.82, 2.24) is 0 Å². The molecule has 0 spiro atoms. The standard InChI is InChI=1S/C27H25NO3S/c1-30-23-17-13-21(14-18-23)27(22-15-19-24(31-2)20-16-22)28-32(29,25-9-5-3-6-10-25)26-11-7-4-8-12-26/h3-20,27H,1-2H3. The number of hydrogen-bond donors (Lipinski definition) is 0. The number of nitrogens with zero attached hydrogens (tertiary/aromatic N) is 1. The lowest BCUT2D eigenvalue weighted by Gasteiger charge is -2.19. The molecule has 0 aliphatic rings. The second-order valence-corrected chi connectivity index (χ2v) is 9.41. The van der Waals surface area contributed by atoms with Gasteiger partial charge >= 0.3 is 0 Å². The first-order chi connectivity index (χ1) is 15.6. The highest BCUT2D eigenvalue weighted by molar-refractivity contribution is 7.93. The van der Waals surface area contributed by atoms with Gasteiger partial charge in [0.15, 0.2) is 0 Å². The minimum Gasteiger partial charge on any atom is -0.497 e. The van der Waals surface area contributed by atoms with Crippen LogP contribution < -0.4 is 9.47 Å². The molecule has 0 heterocycles. The van der Waals surface area contributed by atoms with Gasteiger partial charge in [-0.2, -0.15) is 0 Å². The van der Waals surface area contributed by atoms with Gasteiger partial charge in [0.2, 0.25) is 0 Å². The molecule has 4 aromatic rings. The average molecular weight is 444 g/mol. The molecular formula is C27H25NO3S. The quantitative estimate of drug-likeness (QED) is 0.333. The molecule has 4 rings (SSSR count). The van der Waals surface area contributed by atoms with Gasteiger partial charge in [0.1, 0.15) is 27.3 Å². The summed E-state index contributed by atoms with van der Waals surface area (Å²) in [5.41, 5.74) is 1.85. The third kappa shape index (κ3) is 4.53. The van der Waals surface area contributed by atoms with Crippen molar-refractivity contribution < 1.29 is 13.7 Å². The maximum Gasteiger partial charge on any atom is 0.118 e. The van der Waals surface area contributed by atoms with Crippen LogP contribution >= 0.6 is 0 Å². The van der Waals surface area contributed by atoms with Gasteiger partial charge < -0.3 is 9.47 Å². The van der Waals surface area contributed by atoms with Crippen molar-refractivity contribution in [1.29, 1.82) is 0 Å². The van der Waals surface area contributed by atoms with Crippen molar-refractivity contribution in [3.05, 3.63) is 120 Å². The van der Waals surface area contributed by atoms with E-state index in [9.17, 15) is 4.21 Å². The van der Waals surface area contributed by atoms with E-state index in [0.717, 1.165) is 22.6 Å². The summed E-state index contributed by atoms with van der Waals surface area (Å²) in [6.07, 6.45) is 0. The van der Waals surface area contributed by atoms with Gasteiger partial charge in [-0.15, -0.1) is 0 Å². The lowest BCUT2D eigenvalue weighted by molar-refractivity contribution is 0.414. The molecule has 162 valence electrons. The van der Waals surface area contributed by atoms with Crippen molar-refractivity contribution in [2.75, 3.05) is 14.2 Å². The van der Waals surface area contributed by atoms with Crippen molar-refractivity contribution in [2.24, 2.45) is 4.36 Å². The fourth-order valence-electron chi connectivity index (χ4n) is 3.50. The summed E-state index contributed by atoms with van der Waals surface area (Å²) in [6, 6.07) is 33.9. The van der Waals surface area contributed by atoms with Crippen LogP contribution in [0.1, 0.15) is 17.2 Å². The molecule has 0 bridgehead atoms. The van der Waals surface area contributed by atoms with E-state index in [0.29, 0.717) is 9.79 Å². The molecule has 0 aliphatic carbocycles. The van der Waals surface area contributed by atoms with Gasteiger partial charge in [-0.25, -0.2) is 8.57 Å². The van der Waals surface area contributed by atoms with E-state index in [1.165, 1.54) is 0 Å². The van der Waals surface area contributed by atoms with E-state index in [4.69, 9.17) is 13.8 Å². The summed E-state index contributed by atoms with van der Waals surface area (Å²) in [4.78, 5) is 1.36. The summed E-state index contributed by atoms with van der Waals surface area (Å²) in [5.74, 6) is 1.52. The van der Waals surface area contributed by atoms with Crippen molar-refractivity contribution >= 4 is 9.73 Å². The first-order valence-corrected chi connectivity index (χ1v) is 11.8. The molecule has 0 fully saturated rings. The van der Waals surface area contributed by atoms with Crippen LogP contribution in [0.3, 0.4) is 0 Å². The van der Waals surface area contributed by atoms with Crippen molar-refractivity contribution in [2.45, 2.75) is 15.8 Å². The summed E-state index contributed by atoms with van der Waals surface area (Å²) in [6.45, 7) is 0. The average Bonchev–Trinajstić information content (AvgIpc) is 2.88. The zero-order valence-electron chi connectivity index (χ0n) is 18.0. The normalized spacial score (nSPS) is 11.2. The highest BCUT2D eigenvalue weighted by atomic mass is 32.2. The molecule has 4 aromatic carbocycles. The Hall–Kier alpha value is -3.57. The van der Waals surface area contributed by atoms with Crippen LogP contribution in [0, 0.1) is 0 Å². The first kappa shape index (κ1) is 21.7. The zero-order valence-corrected chi connectivity index (χ0v) is 18.9. The highest BCUT2D eigenvalue weighted by Gasteiger charge is 2.21. The Kier molecular flexibility index (Phi) is 6.57. The monoisotopic (exact) mass is 443 g/mol. The Morgan fingerprint density at radius 3 is 1.31 bits per heavy atom. The second kappa shape index (κ2) is 9.71. The highest BCUT2D eigenvalue weighted by Crippen LogP contribution is 2.34. The minimum absolute atomic E-state index is 0.445.